The first kappa shape index (κ1) is 21.4. The fourth-order valence-corrected chi connectivity index (χ4v) is 3.70. The molecule has 0 unspecified atom stereocenters. The molecule has 3 heterocycles. The van der Waals surface area contributed by atoms with E-state index in [1.807, 2.05) is 18.2 Å². The van der Waals surface area contributed by atoms with Crippen molar-refractivity contribution in [1.29, 1.82) is 0 Å². The van der Waals surface area contributed by atoms with E-state index in [0.29, 0.717) is 42.5 Å². The Hall–Kier alpha value is -3.79. The van der Waals surface area contributed by atoms with E-state index in [4.69, 9.17) is 4.74 Å². The van der Waals surface area contributed by atoms with Gasteiger partial charge < -0.3 is 15.0 Å². The number of aromatic nitrogens is 3. The number of nitrogens with zero attached hydrogens (tertiary/aromatic N) is 5. The first-order chi connectivity index (χ1) is 15.4. The van der Waals surface area contributed by atoms with E-state index in [1.165, 1.54) is 0 Å². The number of nitrogens with one attached hydrogen (secondary N) is 1. The Kier molecular flexibility index (Phi) is 6.13. The lowest BCUT2D eigenvalue weighted by molar-refractivity contribution is -0.386. The van der Waals surface area contributed by atoms with Crippen LogP contribution in [0.3, 0.4) is 0 Å². The largest absolute Gasteiger partial charge is 0.378 e. The molecule has 1 saturated heterocycles. The third-order valence-corrected chi connectivity index (χ3v) is 5.44. The molecule has 0 spiro atoms. The summed E-state index contributed by atoms with van der Waals surface area (Å²) in [5, 5.41) is 18.2. The molecule has 1 N–H and O–H groups in total. The van der Waals surface area contributed by atoms with Crippen molar-refractivity contribution in [3.8, 4) is 0 Å². The van der Waals surface area contributed by atoms with Crippen LogP contribution in [-0.2, 0) is 11.3 Å². The van der Waals surface area contributed by atoms with Gasteiger partial charge in [-0.1, -0.05) is 12.1 Å². The monoisotopic (exact) mass is 436 g/mol. The quantitative estimate of drug-likeness (QED) is 0.466. The highest BCUT2D eigenvalue weighted by Crippen LogP contribution is 2.23. The Morgan fingerprint density at radius 1 is 1.16 bits per heavy atom. The minimum absolute atomic E-state index is 0.0353. The maximum absolute atomic E-state index is 12.6. The Morgan fingerprint density at radius 3 is 2.47 bits per heavy atom. The van der Waals surface area contributed by atoms with Gasteiger partial charge >= 0.3 is 5.69 Å². The fraction of sp³-hybridized carbons (Fsp3) is 0.318. The van der Waals surface area contributed by atoms with Crippen LogP contribution >= 0.6 is 0 Å². The Morgan fingerprint density at radius 2 is 1.88 bits per heavy atom. The van der Waals surface area contributed by atoms with Gasteiger partial charge in [0.05, 0.1) is 36.6 Å². The summed E-state index contributed by atoms with van der Waals surface area (Å²) >= 11 is 0. The van der Waals surface area contributed by atoms with E-state index in [1.54, 1.807) is 42.9 Å². The topological polar surface area (TPSA) is 115 Å². The molecule has 1 aliphatic heterocycles. The van der Waals surface area contributed by atoms with Crippen LogP contribution in [-0.4, -0.2) is 51.9 Å². The first-order valence-corrected chi connectivity index (χ1v) is 10.3. The number of nitro groups is 1. The number of anilines is 2. The van der Waals surface area contributed by atoms with Gasteiger partial charge in [0.25, 0.3) is 5.91 Å². The van der Waals surface area contributed by atoms with Crippen LogP contribution in [0.25, 0.3) is 0 Å². The zero-order valence-electron chi connectivity index (χ0n) is 17.9. The Bertz CT molecular complexity index is 1120. The molecular weight excluding hydrogens is 412 g/mol. The predicted molar refractivity (Wildman–Crippen MR) is 119 cm³/mol. The van der Waals surface area contributed by atoms with Crippen molar-refractivity contribution >= 4 is 23.1 Å². The fourth-order valence-electron chi connectivity index (χ4n) is 3.70. The summed E-state index contributed by atoms with van der Waals surface area (Å²) < 4.78 is 6.96. The smallest absolute Gasteiger partial charge is 0.312 e. The number of carbonyl (C=O) groups excluding carboxylic acids is 1. The summed E-state index contributed by atoms with van der Waals surface area (Å²) in [4.78, 5) is 29.9. The molecule has 32 heavy (non-hydrogen) atoms. The predicted octanol–water partition coefficient (Wildman–Crippen LogP) is 2.94. The summed E-state index contributed by atoms with van der Waals surface area (Å²) in [5.41, 5.74) is 3.30. The molecule has 0 radical (unpaired) electrons. The zero-order valence-corrected chi connectivity index (χ0v) is 17.9. The Labute approximate surface area is 185 Å². The minimum Gasteiger partial charge on any atom is -0.378 e. The van der Waals surface area contributed by atoms with Crippen molar-refractivity contribution in [1.82, 2.24) is 14.8 Å². The second kappa shape index (κ2) is 9.15. The molecule has 1 aliphatic rings. The number of amides is 1. The maximum atomic E-state index is 12.6. The molecule has 0 aliphatic carbocycles. The molecule has 1 aromatic carbocycles. The number of hydrogen-bond acceptors (Lipinski definition) is 7. The summed E-state index contributed by atoms with van der Waals surface area (Å²) in [5.74, 6) is 0.218. The van der Waals surface area contributed by atoms with Crippen LogP contribution < -0.4 is 10.2 Å². The highest BCUT2D eigenvalue weighted by molar-refractivity contribution is 6.03. The lowest BCUT2D eigenvalue weighted by atomic mass is 10.1. The molecular formula is C22H24N6O4. The zero-order chi connectivity index (χ0) is 22.7. The molecule has 3 aromatic rings. The third-order valence-electron chi connectivity index (χ3n) is 5.44. The average Bonchev–Trinajstić information content (AvgIpc) is 3.08. The van der Waals surface area contributed by atoms with Crippen molar-refractivity contribution < 1.29 is 14.5 Å². The lowest BCUT2D eigenvalue weighted by Crippen LogP contribution is -2.36. The van der Waals surface area contributed by atoms with Crippen LogP contribution in [0.4, 0.5) is 17.2 Å². The van der Waals surface area contributed by atoms with Gasteiger partial charge in [-0.15, -0.1) is 0 Å². The van der Waals surface area contributed by atoms with Crippen molar-refractivity contribution in [3.05, 3.63) is 75.2 Å². The number of ether oxygens (including phenoxy) is 1. The highest BCUT2D eigenvalue weighted by Gasteiger charge is 2.21. The molecule has 10 heteroatoms. The molecule has 1 amide bonds. The number of hydrogen-bond donors (Lipinski definition) is 1. The van der Waals surface area contributed by atoms with E-state index in [9.17, 15) is 14.9 Å². The van der Waals surface area contributed by atoms with Crippen LogP contribution in [0.2, 0.25) is 0 Å². The standard InChI is InChI=1S/C22H24N6O4/c1-15-21(28(30)31)16(2)27(25-15)14-17-3-5-18(6-4-17)22(29)24-20-8-7-19(13-23-20)26-9-11-32-12-10-26/h3-8,13H,9-12,14H2,1-2H3,(H,23,24,29). The van der Waals surface area contributed by atoms with Gasteiger partial charge in [-0.25, -0.2) is 4.98 Å². The van der Waals surface area contributed by atoms with E-state index in [2.05, 4.69) is 20.3 Å². The molecule has 0 bridgehead atoms. The van der Waals surface area contributed by atoms with Crippen LogP contribution in [0.5, 0.6) is 0 Å². The molecule has 0 saturated carbocycles. The van der Waals surface area contributed by atoms with Crippen LogP contribution in [0.1, 0.15) is 27.3 Å². The minimum atomic E-state index is -0.414. The SMILES string of the molecule is Cc1nn(Cc2ccc(C(=O)Nc3ccc(N4CCOCC4)cn3)cc2)c(C)c1[N+](=O)[O-]. The van der Waals surface area contributed by atoms with E-state index in [0.717, 1.165) is 24.3 Å². The van der Waals surface area contributed by atoms with Gasteiger partial charge in [-0.3, -0.25) is 19.6 Å². The molecule has 0 atom stereocenters. The summed E-state index contributed by atoms with van der Waals surface area (Å²) in [6, 6.07) is 10.8. The normalized spacial score (nSPS) is 13.8. The number of pyridine rings is 1. The third kappa shape index (κ3) is 4.59. The van der Waals surface area contributed by atoms with Crippen LogP contribution in [0, 0.1) is 24.0 Å². The molecule has 10 nitrogen and oxygen atoms in total. The highest BCUT2D eigenvalue weighted by atomic mass is 16.6. The number of carbonyl (C=O) groups is 1. The Balaban J connectivity index is 1.39. The molecule has 1 fully saturated rings. The van der Waals surface area contributed by atoms with Gasteiger partial charge in [0, 0.05) is 18.7 Å². The lowest BCUT2D eigenvalue weighted by Gasteiger charge is -2.28. The molecule has 2 aromatic heterocycles. The number of aryl methyl sites for hydroxylation is 1. The second-order valence-electron chi connectivity index (χ2n) is 7.59. The van der Waals surface area contributed by atoms with Crippen molar-refractivity contribution in [2.24, 2.45) is 0 Å². The van der Waals surface area contributed by atoms with Gasteiger partial charge in [-0.05, 0) is 43.7 Å². The summed E-state index contributed by atoms with van der Waals surface area (Å²) in [6.45, 7) is 6.73. The van der Waals surface area contributed by atoms with Crippen molar-refractivity contribution in [3.63, 3.8) is 0 Å². The van der Waals surface area contributed by atoms with Gasteiger partial charge in [0.1, 0.15) is 17.2 Å². The second-order valence-corrected chi connectivity index (χ2v) is 7.59. The number of morpholine rings is 1. The summed E-state index contributed by atoms with van der Waals surface area (Å²) in [7, 11) is 0. The van der Waals surface area contributed by atoms with Crippen molar-refractivity contribution in [2.75, 3.05) is 36.5 Å². The molecule has 166 valence electrons. The maximum Gasteiger partial charge on any atom is 0.312 e. The van der Waals surface area contributed by atoms with Crippen molar-refractivity contribution in [2.45, 2.75) is 20.4 Å². The van der Waals surface area contributed by atoms with E-state index >= 15 is 0 Å². The number of benzene rings is 1. The van der Waals surface area contributed by atoms with Crippen LogP contribution in [0.15, 0.2) is 42.6 Å². The van der Waals surface area contributed by atoms with Gasteiger partial charge in [-0.2, -0.15) is 5.10 Å². The van der Waals surface area contributed by atoms with E-state index in [-0.39, 0.29) is 11.6 Å². The summed E-state index contributed by atoms with van der Waals surface area (Å²) in [6.07, 6.45) is 1.75. The van der Waals surface area contributed by atoms with Gasteiger partial charge in [0.15, 0.2) is 0 Å². The number of rotatable bonds is 6. The molecule has 4 rings (SSSR count). The average molecular weight is 436 g/mol. The van der Waals surface area contributed by atoms with Gasteiger partial charge in [0.2, 0.25) is 0 Å². The first-order valence-electron chi connectivity index (χ1n) is 10.3. The van der Waals surface area contributed by atoms with E-state index < -0.39 is 4.92 Å².